The Bertz CT molecular complexity index is 890. The van der Waals surface area contributed by atoms with Crippen molar-refractivity contribution in [1.82, 2.24) is 15.5 Å². The smallest absolute Gasteiger partial charge is 0.245 e. The molecule has 1 aromatic carbocycles. The van der Waals surface area contributed by atoms with E-state index >= 15 is 0 Å². The van der Waals surface area contributed by atoms with Gasteiger partial charge >= 0.3 is 0 Å². The average molecular weight is 472 g/mol. The van der Waals surface area contributed by atoms with Crippen LogP contribution in [0.15, 0.2) is 30.3 Å². The number of likely N-dealkylation sites (tertiary alicyclic amines) is 1. The Hall–Kier alpha value is -2.45. The first-order valence-electron chi connectivity index (χ1n) is 12.7. The van der Waals surface area contributed by atoms with Crippen molar-refractivity contribution in [2.75, 3.05) is 13.2 Å². The Balaban J connectivity index is 1.58. The van der Waals surface area contributed by atoms with Crippen molar-refractivity contribution in [3.63, 3.8) is 0 Å². The number of ether oxygens (including phenoxy) is 1. The summed E-state index contributed by atoms with van der Waals surface area (Å²) in [6.07, 6.45) is 4.25. The first-order valence-corrected chi connectivity index (χ1v) is 12.7. The number of carbonyl (C=O) groups is 3. The maximum Gasteiger partial charge on any atom is 0.245 e. The Labute approximate surface area is 201 Å². The summed E-state index contributed by atoms with van der Waals surface area (Å²) in [6, 6.07) is 8.30. The van der Waals surface area contributed by atoms with Crippen LogP contribution in [0.25, 0.3) is 0 Å². The van der Waals surface area contributed by atoms with Gasteiger partial charge in [-0.25, -0.2) is 0 Å². The molecule has 3 aliphatic rings. The van der Waals surface area contributed by atoms with E-state index in [1.807, 2.05) is 37.3 Å². The molecule has 1 spiro atoms. The molecule has 3 aliphatic heterocycles. The molecular weight excluding hydrogens is 434 g/mol. The number of benzene rings is 1. The highest BCUT2D eigenvalue weighted by atomic mass is 16.5. The minimum atomic E-state index is -1.02. The zero-order valence-electron chi connectivity index (χ0n) is 20.2. The van der Waals surface area contributed by atoms with Gasteiger partial charge in [-0.15, -0.1) is 0 Å². The summed E-state index contributed by atoms with van der Waals surface area (Å²) in [5.41, 5.74) is -0.0434. The molecule has 4 rings (SSSR count). The van der Waals surface area contributed by atoms with Crippen molar-refractivity contribution in [1.29, 1.82) is 0 Å². The van der Waals surface area contributed by atoms with Crippen molar-refractivity contribution >= 4 is 17.7 Å². The van der Waals surface area contributed by atoms with Gasteiger partial charge in [0.15, 0.2) is 0 Å². The molecule has 8 nitrogen and oxygen atoms in total. The fourth-order valence-electron chi connectivity index (χ4n) is 6.08. The van der Waals surface area contributed by atoms with Crippen LogP contribution in [0.3, 0.4) is 0 Å². The number of amides is 3. The van der Waals surface area contributed by atoms with Gasteiger partial charge in [0, 0.05) is 13.1 Å². The molecule has 8 heteroatoms. The lowest BCUT2D eigenvalue weighted by Gasteiger charge is -2.36. The second-order valence-corrected chi connectivity index (χ2v) is 9.75. The zero-order chi connectivity index (χ0) is 24.3. The van der Waals surface area contributed by atoms with Crippen LogP contribution in [0.5, 0.6) is 0 Å². The Morgan fingerprint density at radius 1 is 1.18 bits per heavy atom. The lowest BCUT2D eigenvalue weighted by atomic mass is 9.70. The minimum absolute atomic E-state index is 0.213. The topological polar surface area (TPSA) is 108 Å². The molecular formula is C26H37N3O5. The first kappa shape index (κ1) is 24.7. The largest absolute Gasteiger partial charge is 0.394 e. The monoisotopic (exact) mass is 471 g/mol. The zero-order valence-corrected chi connectivity index (χ0v) is 20.2. The van der Waals surface area contributed by atoms with Crippen LogP contribution >= 0.6 is 0 Å². The first-order chi connectivity index (χ1) is 16.5. The predicted molar refractivity (Wildman–Crippen MR) is 126 cm³/mol. The molecule has 0 aromatic heterocycles. The highest BCUT2D eigenvalue weighted by Crippen LogP contribution is 2.58. The van der Waals surface area contributed by atoms with Crippen molar-refractivity contribution in [3.8, 4) is 0 Å². The number of unbranched alkanes of at least 4 members (excludes halogenated alkanes) is 2. The number of aliphatic hydroxyl groups excluding tert-OH is 1. The van der Waals surface area contributed by atoms with Crippen LogP contribution in [0.4, 0.5) is 0 Å². The van der Waals surface area contributed by atoms with Gasteiger partial charge in [-0.05, 0) is 31.2 Å². The van der Waals surface area contributed by atoms with E-state index in [4.69, 9.17) is 4.74 Å². The number of aliphatic hydroxyl groups is 1. The summed E-state index contributed by atoms with van der Waals surface area (Å²) >= 11 is 0. The molecule has 34 heavy (non-hydrogen) atoms. The number of fused-ring (bicyclic) bond motifs is 1. The molecule has 3 fully saturated rings. The van der Waals surface area contributed by atoms with Crippen LogP contribution in [0, 0.1) is 11.8 Å². The van der Waals surface area contributed by atoms with Gasteiger partial charge in [0.1, 0.15) is 11.6 Å². The van der Waals surface area contributed by atoms with E-state index in [0.717, 1.165) is 24.8 Å². The molecule has 0 saturated carbocycles. The number of nitrogens with one attached hydrogen (secondary N) is 2. The van der Waals surface area contributed by atoms with Crippen molar-refractivity contribution in [3.05, 3.63) is 35.9 Å². The van der Waals surface area contributed by atoms with Gasteiger partial charge in [0.25, 0.3) is 0 Å². The van der Waals surface area contributed by atoms with Crippen LogP contribution < -0.4 is 10.6 Å². The SMILES string of the molecule is CCCCCNC(=O)C1N([C@@H](CC)CO)C(=O)[C@@H]2[C@H](C(=O)NCc3ccccc3)[C@@H]3CCC12O3. The van der Waals surface area contributed by atoms with Crippen molar-refractivity contribution < 1.29 is 24.2 Å². The number of hydrogen-bond acceptors (Lipinski definition) is 5. The highest BCUT2D eigenvalue weighted by Gasteiger charge is 2.74. The van der Waals surface area contributed by atoms with Gasteiger partial charge in [-0.2, -0.15) is 0 Å². The summed E-state index contributed by atoms with van der Waals surface area (Å²) in [7, 11) is 0. The van der Waals surface area contributed by atoms with E-state index in [2.05, 4.69) is 17.6 Å². The van der Waals surface area contributed by atoms with Crippen LogP contribution in [-0.2, 0) is 25.7 Å². The van der Waals surface area contributed by atoms with Crippen LogP contribution in [0.1, 0.15) is 57.9 Å². The summed E-state index contributed by atoms with van der Waals surface area (Å²) in [5, 5.41) is 16.0. The molecule has 3 saturated heterocycles. The maximum atomic E-state index is 13.8. The summed E-state index contributed by atoms with van der Waals surface area (Å²) < 4.78 is 6.40. The third-order valence-electron chi connectivity index (χ3n) is 7.75. The van der Waals surface area contributed by atoms with Gasteiger partial charge < -0.3 is 25.4 Å². The molecule has 6 atom stereocenters. The average Bonchev–Trinajstić information content (AvgIpc) is 3.49. The Morgan fingerprint density at radius 3 is 2.62 bits per heavy atom. The fraction of sp³-hybridized carbons (Fsp3) is 0.654. The fourth-order valence-corrected chi connectivity index (χ4v) is 6.08. The summed E-state index contributed by atoms with van der Waals surface area (Å²) in [5.74, 6) is -2.06. The molecule has 2 bridgehead atoms. The summed E-state index contributed by atoms with van der Waals surface area (Å²) in [6.45, 7) is 4.66. The van der Waals surface area contributed by atoms with Crippen LogP contribution in [-0.4, -0.2) is 64.7 Å². The molecule has 3 amide bonds. The number of rotatable bonds is 11. The lowest BCUT2D eigenvalue weighted by molar-refractivity contribution is -0.145. The molecule has 0 radical (unpaired) electrons. The molecule has 1 aromatic rings. The van der Waals surface area contributed by atoms with Crippen molar-refractivity contribution in [2.45, 2.75) is 82.7 Å². The lowest BCUT2D eigenvalue weighted by Crippen LogP contribution is -2.58. The molecule has 3 N–H and O–H groups in total. The third-order valence-corrected chi connectivity index (χ3v) is 7.75. The van der Waals surface area contributed by atoms with E-state index in [1.165, 1.54) is 4.90 Å². The predicted octanol–water partition coefficient (Wildman–Crippen LogP) is 1.75. The van der Waals surface area contributed by atoms with E-state index in [9.17, 15) is 19.5 Å². The van der Waals surface area contributed by atoms with Gasteiger partial charge in [-0.3, -0.25) is 14.4 Å². The second-order valence-electron chi connectivity index (χ2n) is 9.75. The minimum Gasteiger partial charge on any atom is -0.394 e. The van der Waals surface area contributed by atoms with E-state index in [1.54, 1.807) is 0 Å². The highest BCUT2D eigenvalue weighted by molar-refractivity contribution is 5.99. The van der Waals surface area contributed by atoms with Gasteiger partial charge in [-0.1, -0.05) is 57.0 Å². The molecule has 0 aliphatic carbocycles. The van der Waals surface area contributed by atoms with E-state index in [-0.39, 0.29) is 30.4 Å². The van der Waals surface area contributed by atoms with Crippen LogP contribution in [0.2, 0.25) is 0 Å². The molecule has 3 heterocycles. The molecule has 186 valence electrons. The van der Waals surface area contributed by atoms with Crippen molar-refractivity contribution in [2.24, 2.45) is 11.8 Å². The standard InChI is InChI=1S/C26H37N3O5/c1-3-5-9-14-27-24(32)22-26-13-12-19(34-26)20(21(26)25(33)29(22)18(4-2)16-30)23(31)28-15-17-10-7-6-8-11-17/h6-8,10-11,18-22,30H,3-5,9,12-16H2,1-2H3,(H,27,32)(H,28,31)/t18-,19-,20+,21-,22?,26?/m0/s1. The van der Waals surface area contributed by atoms with Gasteiger partial charge in [0.2, 0.25) is 17.7 Å². The number of hydrogen-bond donors (Lipinski definition) is 3. The number of carbonyl (C=O) groups excluding carboxylic acids is 3. The summed E-state index contributed by atoms with van der Waals surface area (Å²) in [4.78, 5) is 42.1. The number of nitrogens with zero attached hydrogens (tertiary/aromatic N) is 1. The maximum absolute atomic E-state index is 13.8. The Kier molecular flexibility index (Phi) is 7.57. The van der Waals surface area contributed by atoms with E-state index in [0.29, 0.717) is 32.4 Å². The normalized spacial score (nSPS) is 30.3. The third kappa shape index (κ3) is 4.22. The van der Waals surface area contributed by atoms with Gasteiger partial charge in [0.05, 0.1) is 30.6 Å². The Morgan fingerprint density at radius 2 is 1.94 bits per heavy atom. The van der Waals surface area contributed by atoms with E-state index < -0.39 is 29.5 Å². The molecule has 2 unspecified atom stereocenters. The quantitative estimate of drug-likeness (QED) is 0.426. The second kappa shape index (κ2) is 10.4.